The highest BCUT2D eigenvalue weighted by atomic mass is 32.2. The van der Waals surface area contributed by atoms with Crippen LogP contribution in [0, 0.1) is 6.92 Å². The molecule has 0 amide bonds. The smallest absolute Gasteiger partial charge is 0.243 e. The van der Waals surface area contributed by atoms with Crippen LogP contribution >= 0.6 is 0 Å². The lowest BCUT2D eigenvalue weighted by molar-refractivity contribution is 0.249. The lowest BCUT2D eigenvalue weighted by Crippen LogP contribution is -2.41. The fourth-order valence-electron chi connectivity index (χ4n) is 2.17. The molecule has 0 atom stereocenters. The van der Waals surface area contributed by atoms with Crippen molar-refractivity contribution in [2.24, 2.45) is 5.73 Å². The summed E-state index contributed by atoms with van der Waals surface area (Å²) >= 11 is 0. The van der Waals surface area contributed by atoms with E-state index in [2.05, 4.69) is 0 Å². The van der Waals surface area contributed by atoms with E-state index in [1.807, 2.05) is 6.92 Å². The van der Waals surface area contributed by atoms with Crippen molar-refractivity contribution in [3.63, 3.8) is 0 Å². The molecule has 0 radical (unpaired) electrons. The monoisotopic (exact) mass is 268 g/mol. The highest BCUT2D eigenvalue weighted by Crippen LogP contribution is 2.29. The molecule has 0 aliphatic heterocycles. The molecule has 0 aromatic heterocycles. The number of nitrogens with zero attached hydrogens (tertiary/aromatic N) is 1. The van der Waals surface area contributed by atoms with Crippen molar-refractivity contribution in [3.8, 4) is 0 Å². The summed E-state index contributed by atoms with van der Waals surface area (Å²) in [7, 11) is -1.68. The molecule has 18 heavy (non-hydrogen) atoms. The summed E-state index contributed by atoms with van der Waals surface area (Å²) in [5, 5.41) is 0. The Hall–Kier alpha value is -0.910. The summed E-state index contributed by atoms with van der Waals surface area (Å²) in [6.45, 7) is 2.33. The van der Waals surface area contributed by atoms with Crippen LogP contribution in [0.3, 0.4) is 0 Å². The number of aryl methyl sites for hydroxylation is 1. The molecule has 1 aromatic carbocycles. The highest BCUT2D eigenvalue weighted by molar-refractivity contribution is 7.89. The molecule has 2 rings (SSSR count). The summed E-state index contributed by atoms with van der Waals surface area (Å²) in [6.07, 6.45) is 3.06. The molecule has 1 aliphatic carbocycles. The van der Waals surface area contributed by atoms with Crippen molar-refractivity contribution in [3.05, 3.63) is 29.3 Å². The number of nitrogens with two attached hydrogens (primary N) is 1. The Morgan fingerprint density at radius 2 is 2.06 bits per heavy atom. The van der Waals surface area contributed by atoms with Gasteiger partial charge in [0.15, 0.2) is 0 Å². The lowest BCUT2D eigenvalue weighted by atomic mass is 9.94. The maximum absolute atomic E-state index is 12.4. The Labute approximate surface area is 109 Å². The van der Waals surface area contributed by atoms with Crippen molar-refractivity contribution in [2.75, 3.05) is 7.05 Å². The van der Waals surface area contributed by atoms with Gasteiger partial charge in [-0.3, -0.25) is 0 Å². The van der Waals surface area contributed by atoms with Gasteiger partial charge in [-0.05, 0) is 43.0 Å². The van der Waals surface area contributed by atoms with Crippen LogP contribution in [-0.2, 0) is 16.6 Å². The molecule has 0 heterocycles. The second-order valence-electron chi connectivity index (χ2n) is 4.90. The van der Waals surface area contributed by atoms with Gasteiger partial charge in [0.05, 0.1) is 4.90 Å². The molecular formula is C13H20N2O2S. The Kier molecular flexibility index (Phi) is 3.75. The molecular weight excluding hydrogens is 248 g/mol. The van der Waals surface area contributed by atoms with Crippen molar-refractivity contribution in [1.82, 2.24) is 4.31 Å². The van der Waals surface area contributed by atoms with Crippen molar-refractivity contribution >= 4 is 10.0 Å². The van der Waals surface area contributed by atoms with Crippen LogP contribution in [0.15, 0.2) is 23.1 Å². The summed E-state index contributed by atoms with van der Waals surface area (Å²) in [5.74, 6) is 0. The molecule has 0 spiro atoms. The van der Waals surface area contributed by atoms with Crippen molar-refractivity contribution in [2.45, 2.75) is 43.7 Å². The molecule has 2 N–H and O–H groups in total. The minimum atomic E-state index is -3.35. The molecule has 0 bridgehead atoms. The van der Waals surface area contributed by atoms with Crippen LogP contribution in [0.5, 0.6) is 0 Å². The molecule has 1 saturated carbocycles. The predicted molar refractivity (Wildman–Crippen MR) is 71.7 cm³/mol. The third kappa shape index (κ3) is 2.30. The summed E-state index contributed by atoms with van der Waals surface area (Å²) < 4.78 is 26.3. The largest absolute Gasteiger partial charge is 0.326 e. The Bertz CT molecular complexity index is 536. The fraction of sp³-hybridized carbons (Fsp3) is 0.538. The topological polar surface area (TPSA) is 63.4 Å². The van der Waals surface area contributed by atoms with Crippen molar-refractivity contribution in [1.29, 1.82) is 0 Å². The number of benzene rings is 1. The molecule has 1 aliphatic rings. The third-order valence-corrected chi connectivity index (χ3v) is 5.71. The van der Waals surface area contributed by atoms with E-state index in [0.717, 1.165) is 30.4 Å². The van der Waals surface area contributed by atoms with Crippen LogP contribution in [-0.4, -0.2) is 25.8 Å². The van der Waals surface area contributed by atoms with Gasteiger partial charge < -0.3 is 5.73 Å². The number of hydrogen-bond donors (Lipinski definition) is 1. The predicted octanol–water partition coefficient (Wildman–Crippen LogP) is 1.63. The van der Waals surface area contributed by atoms with Crippen molar-refractivity contribution < 1.29 is 8.42 Å². The molecule has 4 nitrogen and oxygen atoms in total. The first-order chi connectivity index (χ1) is 8.46. The van der Waals surface area contributed by atoms with E-state index in [0.29, 0.717) is 11.4 Å². The van der Waals surface area contributed by atoms with Crippen LogP contribution in [0.4, 0.5) is 0 Å². The Balaban J connectivity index is 2.31. The van der Waals surface area contributed by atoms with Crippen LogP contribution in [0.1, 0.15) is 30.4 Å². The van der Waals surface area contributed by atoms with Crippen LogP contribution < -0.4 is 5.73 Å². The number of rotatable bonds is 4. The van der Waals surface area contributed by atoms with E-state index in [-0.39, 0.29) is 6.04 Å². The average molecular weight is 268 g/mol. The maximum atomic E-state index is 12.4. The number of hydrogen-bond acceptors (Lipinski definition) is 3. The molecule has 0 saturated heterocycles. The second kappa shape index (κ2) is 4.99. The first-order valence-corrected chi connectivity index (χ1v) is 7.68. The molecule has 5 heteroatoms. The number of sulfonamides is 1. The minimum absolute atomic E-state index is 0.171. The fourth-order valence-corrected chi connectivity index (χ4v) is 3.67. The quantitative estimate of drug-likeness (QED) is 0.902. The summed E-state index contributed by atoms with van der Waals surface area (Å²) in [6, 6.07) is 5.34. The van der Waals surface area contributed by atoms with Gasteiger partial charge in [-0.15, -0.1) is 0 Å². The summed E-state index contributed by atoms with van der Waals surface area (Å²) in [4.78, 5) is 0.367. The van der Waals surface area contributed by atoms with Gasteiger partial charge >= 0.3 is 0 Å². The SMILES string of the molecule is Cc1cc(S(=O)(=O)N(C)C2CCC2)ccc1CN. The van der Waals surface area contributed by atoms with E-state index in [1.54, 1.807) is 25.2 Å². The van der Waals surface area contributed by atoms with Gasteiger partial charge in [0.1, 0.15) is 0 Å². The van der Waals surface area contributed by atoms with Gasteiger partial charge in [0, 0.05) is 19.6 Å². The zero-order valence-electron chi connectivity index (χ0n) is 10.9. The van der Waals surface area contributed by atoms with Gasteiger partial charge in [0.25, 0.3) is 0 Å². The third-order valence-electron chi connectivity index (χ3n) is 3.80. The van der Waals surface area contributed by atoms with Crippen LogP contribution in [0.25, 0.3) is 0 Å². The van der Waals surface area contributed by atoms with Gasteiger partial charge in [-0.25, -0.2) is 8.42 Å². The Morgan fingerprint density at radius 3 is 2.50 bits per heavy atom. The lowest BCUT2D eigenvalue weighted by Gasteiger charge is -2.33. The molecule has 0 unspecified atom stereocenters. The maximum Gasteiger partial charge on any atom is 0.243 e. The zero-order chi connectivity index (χ0) is 13.3. The standard InChI is InChI=1S/C13H20N2O2S/c1-10-8-13(7-6-11(10)9-14)18(16,17)15(2)12-4-3-5-12/h6-8,12H,3-5,9,14H2,1-2H3. The second-order valence-corrected chi connectivity index (χ2v) is 6.90. The van der Waals surface area contributed by atoms with E-state index in [9.17, 15) is 8.42 Å². The molecule has 100 valence electrons. The zero-order valence-corrected chi connectivity index (χ0v) is 11.7. The van der Waals surface area contributed by atoms with Gasteiger partial charge in [0.2, 0.25) is 10.0 Å². The molecule has 1 fully saturated rings. The summed E-state index contributed by atoms with van der Waals surface area (Å²) in [5.41, 5.74) is 7.51. The first kappa shape index (κ1) is 13.5. The van der Waals surface area contributed by atoms with E-state index in [1.165, 1.54) is 4.31 Å². The highest BCUT2D eigenvalue weighted by Gasteiger charge is 2.31. The average Bonchev–Trinajstić information content (AvgIpc) is 2.26. The first-order valence-electron chi connectivity index (χ1n) is 6.24. The minimum Gasteiger partial charge on any atom is -0.326 e. The van der Waals surface area contributed by atoms with Gasteiger partial charge in [-0.2, -0.15) is 4.31 Å². The normalized spacial score (nSPS) is 16.9. The van der Waals surface area contributed by atoms with E-state index in [4.69, 9.17) is 5.73 Å². The van der Waals surface area contributed by atoms with Gasteiger partial charge in [-0.1, -0.05) is 12.5 Å². The van der Waals surface area contributed by atoms with Crippen LogP contribution in [0.2, 0.25) is 0 Å². The van der Waals surface area contributed by atoms with E-state index < -0.39 is 10.0 Å². The Morgan fingerprint density at radius 1 is 1.39 bits per heavy atom. The van der Waals surface area contributed by atoms with E-state index >= 15 is 0 Å². The molecule has 1 aromatic rings.